The van der Waals surface area contributed by atoms with E-state index >= 15 is 0 Å². The maximum Gasteiger partial charge on any atom is 0.283 e. The Morgan fingerprint density at radius 3 is 2.65 bits per heavy atom. The van der Waals surface area contributed by atoms with E-state index in [2.05, 4.69) is 24.8 Å². The van der Waals surface area contributed by atoms with Gasteiger partial charge < -0.3 is 10.8 Å². The van der Waals surface area contributed by atoms with Gasteiger partial charge in [0.1, 0.15) is 0 Å². The molecule has 0 aliphatic heterocycles. The Balaban J connectivity index is 2.66. The molecule has 0 saturated heterocycles. The molecule has 3 N–H and O–H groups in total. The van der Waals surface area contributed by atoms with Crippen LogP contribution in [0.1, 0.15) is 20.3 Å². The Bertz CT molecular complexity index is 366. The molecule has 1 unspecified atom stereocenters. The summed E-state index contributed by atoms with van der Waals surface area (Å²) in [6.45, 7) is 6.29. The van der Waals surface area contributed by atoms with E-state index in [-0.39, 0.29) is 0 Å². The number of primary amides is 1. The molecule has 1 atom stereocenters. The Kier molecular flexibility index (Phi) is 4.97. The van der Waals surface area contributed by atoms with E-state index in [9.17, 15) is 9.90 Å². The summed E-state index contributed by atoms with van der Waals surface area (Å²) in [7, 11) is 0. The number of carbonyl (C=O) groups is 1. The average Bonchev–Trinajstić information content (AvgIpc) is 2.32. The van der Waals surface area contributed by atoms with Gasteiger partial charge in [0, 0.05) is 6.04 Å². The second-order valence-corrected chi connectivity index (χ2v) is 3.98. The summed E-state index contributed by atoms with van der Waals surface area (Å²) in [5.41, 5.74) is 5.78. The topological polar surface area (TPSA) is 66.6 Å². The van der Waals surface area contributed by atoms with E-state index < -0.39 is 11.7 Å². The van der Waals surface area contributed by atoms with Crippen LogP contribution in [0.2, 0.25) is 0 Å². The smallest absolute Gasteiger partial charge is 0.283 e. The molecular weight excluding hydrogens is 216 g/mol. The van der Waals surface area contributed by atoms with E-state index in [4.69, 9.17) is 5.73 Å². The molecule has 1 aliphatic rings. The van der Waals surface area contributed by atoms with Gasteiger partial charge in [0.2, 0.25) is 0 Å². The van der Waals surface area contributed by atoms with Crippen LogP contribution in [-0.2, 0) is 4.79 Å². The lowest BCUT2D eigenvalue weighted by Gasteiger charge is -2.28. The third-order valence-electron chi connectivity index (χ3n) is 2.94. The maximum absolute atomic E-state index is 10.7. The lowest BCUT2D eigenvalue weighted by molar-refractivity contribution is -0.116. The lowest BCUT2D eigenvalue weighted by Crippen LogP contribution is -2.33. The first-order valence-electron chi connectivity index (χ1n) is 5.91. The molecule has 0 saturated carbocycles. The van der Waals surface area contributed by atoms with Gasteiger partial charge >= 0.3 is 0 Å². The molecule has 0 aromatic carbocycles. The largest absolute Gasteiger partial charge is 0.503 e. The van der Waals surface area contributed by atoms with Crippen molar-refractivity contribution < 1.29 is 9.90 Å². The van der Waals surface area contributed by atoms with Crippen molar-refractivity contribution in [1.29, 1.82) is 0 Å². The van der Waals surface area contributed by atoms with Crippen molar-refractivity contribution in [3.63, 3.8) is 0 Å². The fourth-order valence-corrected chi connectivity index (χ4v) is 1.93. The van der Waals surface area contributed by atoms with Crippen LogP contribution in [0, 0.1) is 0 Å². The highest BCUT2D eigenvalue weighted by molar-refractivity contribution is 5.90. The van der Waals surface area contributed by atoms with Crippen molar-refractivity contribution in [3.8, 4) is 0 Å². The van der Waals surface area contributed by atoms with Gasteiger partial charge in [-0.3, -0.25) is 9.69 Å². The molecule has 4 heteroatoms. The normalized spacial score (nSPS) is 20.5. The highest BCUT2D eigenvalue weighted by atomic mass is 16.3. The van der Waals surface area contributed by atoms with E-state index in [0.717, 1.165) is 25.1 Å². The predicted molar refractivity (Wildman–Crippen MR) is 68.5 cm³/mol. The molecule has 0 spiro atoms. The van der Waals surface area contributed by atoms with Gasteiger partial charge in [-0.05, 0) is 31.2 Å². The summed E-state index contributed by atoms with van der Waals surface area (Å²) in [5.74, 6) is -1.20. The summed E-state index contributed by atoms with van der Waals surface area (Å²) in [4.78, 5) is 13.0. The first-order valence-corrected chi connectivity index (χ1v) is 5.91. The zero-order valence-electron chi connectivity index (χ0n) is 10.4. The number of carbonyl (C=O) groups excluding carboxylic acids is 1. The Labute approximate surface area is 102 Å². The minimum absolute atomic E-state index is 0.401. The molecule has 0 fully saturated rings. The predicted octanol–water partition coefficient (Wildman–Crippen LogP) is 1.51. The Hall–Kier alpha value is -1.55. The van der Waals surface area contributed by atoms with E-state index in [1.54, 1.807) is 0 Å². The van der Waals surface area contributed by atoms with Crippen molar-refractivity contribution in [2.45, 2.75) is 26.3 Å². The van der Waals surface area contributed by atoms with Crippen molar-refractivity contribution in [1.82, 2.24) is 4.90 Å². The van der Waals surface area contributed by atoms with Crippen LogP contribution in [0.3, 0.4) is 0 Å². The highest BCUT2D eigenvalue weighted by Gasteiger charge is 2.14. The molecular formula is C13H20N2O2. The molecule has 0 aromatic rings. The number of hydrogen-bond acceptors (Lipinski definition) is 3. The number of amides is 1. The van der Waals surface area contributed by atoms with Gasteiger partial charge in [0.15, 0.2) is 5.76 Å². The van der Waals surface area contributed by atoms with Gasteiger partial charge in [0.25, 0.3) is 5.91 Å². The Morgan fingerprint density at radius 2 is 2.24 bits per heavy atom. The van der Waals surface area contributed by atoms with Crippen molar-refractivity contribution in [3.05, 3.63) is 35.6 Å². The second kappa shape index (κ2) is 6.25. The first kappa shape index (κ1) is 13.5. The van der Waals surface area contributed by atoms with Crippen LogP contribution in [0.4, 0.5) is 0 Å². The number of rotatable bonds is 5. The average molecular weight is 236 g/mol. The zero-order chi connectivity index (χ0) is 12.8. The van der Waals surface area contributed by atoms with Crippen molar-refractivity contribution >= 4 is 5.91 Å². The van der Waals surface area contributed by atoms with Crippen LogP contribution >= 0.6 is 0 Å². The summed E-state index contributed by atoms with van der Waals surface area (Å²) < 4.78 is 0. The monoisotopic (exact) mass is 236 g/mol. The van der Waals surface area contributed by atoms with Gasteiger partial charge in [0.05, 0.1) is 0 Å². The SMILES string of the molecule is CCN(CC)C1C=CC(/C=C(/O)C(N)=O)=CC1. The van der Waals surface area contributed by atoms with Crippen molar-refractivity contribution in [2.24, 2.45) is 5.73 Å². The molecule has 0 heterocycles. The van der Waals surface area contributed by atoms with Crippen LogP contribution in [0.25, 0.3) is 0 Å². The number of nitrogens with two attached hydrogens (primary N) is 1. The third kappa shape index (κ3) is 3.75. The quantitative estimate of drug-likeness (QED) is 0.561. The number of likely N-dealkylation sites (N-methyl/N-ethyl adjacent to an activating group) is 1. The van der Waals surface area contributed by atoms with E-state index in [0.29, 0.717) is 6.04 Å². The summed E-state index contributed by atoms with van der Waals surface area (Å²) >= 11 is 0. The number of nitrogens with zero attached hydrogens (tertiary/aromatic N) is 1. The van der Waals surface area contributed by atoms with Crippen LogP contribution in [0.15, 0.2) is 35.6 Å². The third-order valence-corrected chi connectivity index (χ3v) is 2.94. The maximum atomic E-state index is 10.7. The fraction of sp³-hybridized carbons (Fsp3) is 0.462. The fourth-order valence-electron chi connectivity index (χ4n) is 1.93. The summed E-state index contributed by atoms with van der Waals surface area (Å²) in [6, 6.07) is 0.401. The van der Waals surface area contributed by atoms with Gasteiger partial charge in [-0.15, -0.1) is 0 Å². The standard InChI is InChI=1S/C13H20N2O2/c1-3-15(4-2)11-7-5-10(6-8-11)9-12(16)13(14)17/h5-7,9,11,16H,3-4,8H2,1-2H3,(H2,14,17)/b12-9+. The number of aliphatic hydroxyl groups is 1. The van der Waals surface area contributed by atoms with Crippen LogP contribution in [-0.4, -0.2) is 35.0 Å². The summed E-state index contributed by atoms with van der Waals surface area (Å²) in [6.07, 6.45) is 8.29. The first-order chi connectivity index (χ1) is 8.08. The van der Waals surface area contributed by atoms with Gasteiger partial charge in [-0.25, -0.2) is 0 Å². The van der Waals surface area contributed by atoms with Gasteiger partial charge in [-0.1, -0.05) is 32.1 Å². The second-order valence-electron chi connectivity index (χ2n) is 3.98. The Morgan fingerprint density at radius 1 is 1.59 bits per heavy atom. The minimum atomic E-state index is -0.801. The molecule has 1 aliphatic carbocycles. The summed E-state index contributed by atoms with van der Waals surface area (Å²) in [5, 5.41) is 9.25. The minimum Gasteiger partial charge on any atom is -0.503 e. The van der Waals surface area contributed by atoms with E-state index in [1.807, 2.05) is 12.2 Å². The molecule has 1 rings (SSSR count). The molecule has 0 radical (unpaired) electrons. The van der Waals surface area contributed by atoms with Crippen molar-refractivity contribution in [2.75, 3.05) is 13.1 Å². The van der Waals surface area contributed by atoms with Crippen LogP contribution in [0.5, 0.6) is 0 Å². The number of allylic oxidation sites excluding steroid dienone is 3. The van der Waals surface area contributed by atoms with Gasteiger partial charge in [-0.2, -0.15) is 0 Å². The molecule has 94 valence electrons. The molecule has 17 heavy (non-hydrogen) atoms. The number of aliphatic hydroxyl groups excluding tert-OH is 1. The number of hydrogen-bond donors (Lipinski definition) is 2. The molecule has 4 nitrogen and oxygen atoms in total. The lowest BCUT2D eigenvalue weighted by atomic mass is 10.0. The van der Waals surface area contributed by atoms with Crippen LogP contribution < -0.4 is 5.73 Å². The molecule has 0 aromatic heterocycles. The zero-order valence-corrected chi connectivity index (χ0v) is 10.4. The molecule has 0 bridgehead atoms. The molecule has 1 amide bonds. The van der Waals surface area contributed by atoms with E-state index in [1.165, 1.54) is 6.08 Å². The highest BCUT2D eigenvalue weighted by Crippen LogP contribution is 2.17.